The Morgan fingerprint density at radius 1 is 1.13 bits per heavy atom. The molecule has 5 heteroatoms. The van der Waals surface area contributed by atoms with Crippen molar-refractivity contribution in [3.63, 3.8) is 0 Å². The standard InChI is InChI=1S/C10H14FN.B.N2/c1-3-12(4-2)10-7-5-9(11)6-8-10;;1-2/h5-8H,3-4H2,1-2H3;;/q;-1;/p+1. The summed E-state index contributed by atoms with van der Waals surface area (Å²) >= 11 is 0. The Morgan fingerprint density at radius 2 is 1.53 bits per heavy atom. The predicted octanol–water partition coefficient (Wildman–Crippen LogP) is 0.570. The van der Waals surface area contributed by atoms with Crippen LogP contribution in [0.1, 0.15) is 13.8 Å². The molecule has 1 rings (SSSR count). The minimum Gasteiger partial charge on any atom is -1.00 e. The maximum atomic E-state index is 12.5. The fourth-order valence-corrected chi connectivity index (χ4v) is 1.24. The molecule has 0 fully saturated rings. The van der Waals surface area contributed by atoms with E-state index in [0.29, 0.717) is 0 Å². The van der Waals surface area contributed by atoms with Crippen molar-refractivity contribution in [2.75, 3.05) is 18.0 Å². The second-order valence-corrected chi connectivity index (χ2v) is 2.65. The summed E-state index contributed by atoms with van der Waals surface area (Å²) in [5.74, 6) is -0.175. The van der Waals surface area contributed by atoms with E-state index in [0.717, 1.165) is 18.8 Å². The Balaban J connectivity index is 0. The molecule has 0 aliphatic carbocycles. The number of nitrogens with one attached hydrogen (secondary N) is 1. The average Bonchev–Trinajstić information content (AvgIpc) is 2.25. The molecule has 0 heterocycles. The fourth-order valence-electron chi connectivity index (χ4n) is 1.24. The van der Waals surface area contributed by atoms with Crippen LogP contribution >= 0.6 is 0 Å². The van der Waals surface area contributed by atoms with Gasteiger partial charge < -0.3 is 13.3 Å². The number of benzene rings is 1. The first kappa shape index (κ1) is 15.9. The van der Waals surface area contributed by atoms with E-state index in [-0.39, 0.29) is 14.2 Å². The summed E-state index contributed by atoms with van der Waals surface area (Å²) < 4.78 is 12.5. The second-order valence-electron chi connectivity index (χ2n) is 2.65. The van der Waals surface area contributed by atoms with Gasteiger partial charge in [0, 0.05) is 18.8 Å². The molecule has 4 radical (unpaired) electrons. The topological polar surface area (TPSA) is 50.8 Å². The minimum atomic E-state index is -0.175. The molecule has 0 aliphatic rings. The summed E-state index contributed by atoms with van der Waals surface area (Å²) in [4.78, 5) is 2.18. The smallest absolute Gasteiger partial charge is 0.212 e. The van der Waals surface area contributed by atoms with E-state index in [2.05, 4.69) is 18.7 Å². The van der Waals surface area contributed by atoms with Crippen LogP contribution in [0.15, 0.2) is 24.3 Å². The zero-order valence-corrected chi connectivity index (χ0v) is 9.07. The average molecular weight is 207 g/mol. The van der Waals surface area contributed by atoms with Crippen molar-refractivity contribution in [1.29, 1.82) is 5.39 Å². The number of nitrogens with zero attached hydrogens (tertiary/aromatic N) is 2. The molecule has 0 unspecified atom stereocenters. The number of halogens is 1. The van der Waals surface area contributed by atoms with Crippen LogP contribution in [0.5, 0.6) is 0 Å². The lowest BCUT2D eigenvalue weighted by atomic mass is 10.3. The molecule has 1 aromatic carbocycles. The van der Waals surface area contributed by atoms with E-state index >= 15 is 0 Å². The van der Waals surface area contributed by atoms with Crippen molar-refractivity contribution in [3.05, 3.63) is 30.1 Å². The lowest BCUT2D eigenvalue weighted by Gasteiger charge is -2.20. The summed E-state index contributed by atoms with van der Waals surface area (Å²) in [6.07, 6.45) is 0. The van der Waals surface area contributed by atoms with Gasteiger partial charge in [0.2, 0.25) is 5.39 Å². The van der Waals surface area contributed by atoms with Crippen molar-refractivity contribution in [3.8, 4) is 0 Å². The molecular weight excluding hydrogens is 192 g/mol. The van der Waals surface area contributed by atoms with Crippen LogP contribution in [-0.2, 0) is 0 Å². The highest BCUT2D eigenvalue weighted by molar-refractivity contribution is 5.75. The maximum Gasteiger partial charge on any atom is 0.212 e. The number of rotatable bonds is 3. The third-order valence-electron chi connectivity index (χ3n) is 1.96. The third-order valence-corrected chi connectivity index (χ3v) is 1.96. The maximum absolute atomic E-state index is 12.5. The molecule has 0 spiro atoms. The zero-order valence-electron chi connectivity index (χ0n) is 9.07. The van der Waals surface area contributed by atoms with Gasteiger partial charge in [-0.05, 0) is 38.1 Å². The van der Waals surface area contributed by atoms with Gasteiger partial charge in [-0.15, -0.1) is 0 Å². The highest BCUT2D eigenvalue weighted by Gasteiger charge is 1.99. The van der Waals surface area contributed by atoms with Crippen molar-refractivity contribution >= 4 is 14.1 Å². The van der Waals surface area contributed by atoms with Crippen molar-refractivity contribution in [2.24, 2.45) is 0 Å². The quantitative estimate of drug-likeness (QED) is 0.581. The lowest BCUT2D eigenvalue weighted by Crippen LogP contribution is -2.21. The third kappa shape index (κ3) is 5.01. The molecule has 0 amide bonds. The van der Waals surface area contributed by atoms with E-state index in [9.17, 15) is 4.39 Å². The molecule has 80 valence electrons. The van der Waals surface area contributed by atoms with Crippen LogP contribution in [0.3, 0.4) is 0 Å². The van der Waals surface area contributed by atoms with Crippen LogP contribution in [0.25, 0.3) is 0 Å². The van der Waals surface area contributed by atoms with Gasteiger partial charge in [-0.1, -0.05) is 0 Å². The molecular formula is C10H15BFN3. The highest BCUT2D eigenvalue weighted by Crippen LogP contribution is 2.13. The molecule has 3 nitrogen and oxygen atoms in total. The number of anilines is 1. The van der Waals surface area contributed by atoms with Crippen LogP contribution < -0.4 is 10.3 Å². The number of diazo groups is 1. The van der Waals surface area contributed by atoms with E-state index in [1.807, 2.05) is 12.1 Å². The van der Waals surface area contributed by atoms with Gasteiger partial charge in [0.15, 0.2) is 0 Å². The van der Waals surface area contributed by atoms with Gasteiger partial charge in [0.1, 0.15) is 5.82 Å². The first-order chi connectivity index (χ1) is 6.77. The second kappa shape index (κ2) is 9.01. The van der Waals surface area contributed by atoms with Crippen LogP contribution in [0.4, 0.5) is 10.1 Å². The lowest BCUT2D eigenvalue weighted by molar-refractivity contribution is -0.175. The summed E-state index contributed by atoms with van der Waals surface area (Å²) in [7, 11) is 0. The van der Waals surface area contributed by atoms with Gasteiger partial charge in [-0.2, -0.15) is 0 Å². The molecule has 1 N–H and O–H groups in total. The van der Waals surface area contributed by atoms with Gasteiger partial charge >= 0.3 is 0 Å². The first-order valence-corrected chi connectivity index (χ1v) is 4.50. The van der Waals surface area contributed by atoms with Gasteiger partial charge in [-0.25, -0.2) is 4.39 Å². The van der Waals surface area contributed by atoms with E-state index < -0.39 is 0 Å². The summed E-state index contributed by atoms with van der Waals surface area (Å²) in [6.45, 7) is 6.10. The molecule has 15 heavy (non-hydrogen) atoms. The summed E-state index contributed by atoms with van der Waals surface area (Å²) in [6, 6.07) is 6.60. The van der Waals surface area contributed by atoms with E-state index in [4.69, 9.17) is 10.8 Å². The summed E-state index contributed by atoms with van der Waals surface area (Å²) in [5.41, 5.74) is 1.08. The largest absolute Gasteiger partial charge is 1.00 e. The predicted molar refractivity (Wildman–Crippen MR) is 58.4 cm³/mol. The SMILES string of the molecule is CCN(CC)c1ccc(F)cc1.N#[NH+].[B-]. The molecule has 0 aromatic heterocycles. The van der Waals surface area contributed by atoms with Crippen molar-refractivity contribution in [1.82, 2.24) is 0 Å². The molecule has 0 aliphatic heterocycles. The Labute approximate surface area is 91.9 Å². The Kier molecular flexibility index (Phi) is 9.54. The summed E-state index contributed by atoms with van der Waals surface area (Å²) in [5, 5.41) is 11.0. The van der Waals surface area contributed by atoms with Gasteiger partial charge in [-0.3, -0.25) is 0 Å². The monoisotopic (exact) mass is 207 g/mol. The van der Waals surface area contributed by atoms with E-state index in [1.54, 1.807) is 0 Å². The first-order valence-electron chi connectivity index (χ1n) is 4.50. The molecule has 0 bridgehead atoms. The van der Waals surface area contributed by atoms with Crippen molar-refractivity contribution in [2.45, 2.75) is 13.8 Å². The van der Waals surface area contributed by atoms with Crippen LogP contribution in [0.2, 0.25) is 0 Å². The highest BCUT2D eigenvalue weighted by atomic mass is 19.1. The molecule has 0 atom stereocenters. The Bertz CT molecular complexity index is 270. The molecule has 1 aromatic rings. The van der Waals surface area contributed by atoms with Gasteiger partial charge in [0.05, 0.1) is 5.39 Å². The van der Waals surface area contributed by atoms with E-state index in [1.165, 1.54) is 12.1 Å². The molecule has 0 saturated carbocycles. The number of hydrogen-bond donors (Lipinski definition) is 1. The fraction of sp³-hybridized carbons (Fsp3) is 0.400. The Hall–Kier alpha value is -1.57. The molecule has 0 saturated heterocycles. The van der Waals surface area contributed by atoms with Crippen LogP contribution in [-0.4, -0.2) is 21.5 Å². The normalized spacial score (nSPS) is 8.07. The minimum absolute atomic E-state index is 0. The van der Waals surface area contributed by atoms with Crippen molar-refractivity contribution < 1.29 is 9.78 Å². The zero-order chi connectivity index (χ0) is 11.0. The number of hydrogen-bond acceptors (Lipinski definition) is 2. The van der Waals surface area contributed by atoms with Gasteiger partial charge in [0.25, 0.3) is 0 Å². The van der Waals surface area contributed by atoms with Crippen LogP contribution in [0, 0.1) is 11.2 Å². The Morgan fingerprint density at radius 3 is 1.87 bits per heavy atom.